The number of hydrogen-bond donors (Lipinski definition) is 1. The van der Waals surface area contributed by atoms with Crippen molar-refractivity contribution in [2.24, 2.45) is 0 Å². The molecule has 2 saturated heterocycles. The van der Waals surface area contributed by atoms with Crippen molar-refractivity contribution in [2.45, 2.75) is 138 Å². The molecule has 0 aromatic rings. The third kappa shape index (κ3) is 13.7. The summed E-state index contributed by atoms with van der Waals surface area (Å²) >= 11 is 0. The molecule has 0 bridgehead atoms. The van der Waals surface area contributed by atoms with E-state index in [1.807, 2.05) is 27.7 Å². The highest BCUT2D eigenvalue weighted by Crippen LogP contribution is 2.21. The first kappa shape index (κ1) is 37.7. The normalized spacial score (nSPS) is 20.8. The lowest BCUT2D eigenvalue weighted by Gasteiger charge is -2.35. The van der Waals surface area contributed by atoms with E-state index in [1.54, 1.807) is 9.80 Å². The lowest BCUT2D eigenvalue weighted by molar-refractivity contribution is -0.109. The lowest BCUT2D eigenvalue weighted by Crippen LogP contribution is -2.45. The van der Waals surface area contributed by atoms with Gasteiger partial charge in [0.15, 0.2) is 0 Å². The fourth-order valence-corrected chi connectivity index (χ4v) is 3.93. The number of likely N-dealkylation sites (tertiary alicyclic amines) is 2. The second-order valence-corrected chi connectivity index (χ2v) is 8.81. The van der Waals surface area contributed by atoms with Crippen molar-refractivity contribution < 1.29 is 29.0 Å². The van der Waals surface area contributed by atoms with Gasteiger partial charge in [-0.05, 0) is 71.6 Å². The predicted molar refractivity (Wildman–Crippen MR) is 144 cm³/mol. The first-order chi connectivity index (χ1) is 15.4. The second-order valence-electron chi connectivity index (χ2n) is 8.81. The smallest absolute Gasteiger partial charge is 0.410 e. The number of rotatable bonds is 8. The van der Waals surface area contributed by atoms with Crippen LogP contribution in [0.5, 0.6) is 0 Å². The molecule has 2 heterocycles. The first-order valence-corrected chi connectivity index (χ1v) is 12.4. The number of carbonyl (C=O) groups excluding carboxylic acids is 3. The molecular weight excluding hydrogens is 448 g/mol. The molecule has 35 heavy (non-hydrogen) atoms. The zero-order chi connectivity index (χ0) is 23.9. The third-order valence-electron chi connectivity index (χ3n) is 6.31. The van der Waals surface area contributed by atoms with Crippen LogP contribution in [0.3, 0.4) is 0 Å². The monoisotopic (exact) mass is 504 g/mol. The Morgan fingerprint density at radius 2 is 1.29 bits per heavy atom. The Labute approximate surface area is 215 Å². The first-order valence-electron chi connectivity index (χ1n) is 12.4. The summed E-state index contributed by atoms with van der Waals surface area (Å²) in [6, 6.07) is 0.207. The van der Waals surface area contributed by atoms with E-state index in [2.05, 4.69) is 0 Å². The predicted octanol–water partition coefficient (Wildman–Crippen LogP) is 6.43. The average molecular weight is 505 g/mol. The number of carbonyl (C=O) groups is 3. The van der Waals surface area contributed by atoms with Crippen LogP contribution in [-0.2, 0) is 14.3 Å². The van der Waals surface area contributed by atoms with Crippen LogP contribution >= 0.6 is 0 Å². The van der Waals surface area contributed by atoms with Crippen molar-refractivity contribution in [3.05, 3.63) is 0 Å². The Balaban J connectivity index is -0.000000539. The van der Waals surface area contributed by atoms with Gasteiger partial charge in [0.05, 0.1) is 0 Å². The van der Waals surface area contributed by atoms with Crippen molar-refractivity contribution in [3.8, 4) is 0 Å². The van der Waals surface area contributed by atoms with Gasteiger partial charge in [0.1, 0.15) is 18.5 Å². The molecule has 2 aliphatic rings. The topological polar surface area (TPSA) is 96.4 Å². The van der Waals surface area contributed by atoms with Crippen LogP contribution < -0.4 is 0 Å². The van der Waals surface area contributed by atoms with Crippen LogP contribution in [0.1, 0.15) is 114 Å². The fourth-order valence-electron chi connectivity index (χ4n) is 3.93. The van der Waals surface area contributed by atoms with E-state index < -0.39 is 0 Å². The van der Waals surface area contributed by atoms with Crippen LogP contribution in [0.2, 0.25) is 0 Å². The lowest BCUT2D eigenvalue weighted by atomic mass is 10.0. The summed E-state index contributed by atoms with van der Waals surface area (Å²) in [7, 11) is 0. The molecule has 1 N–H and O–H groups in total. The van der Waals surface area contributed by atoms with Gasteiger partial charge in [-0.2, -0.15) is 0 Å². The Morgan fingerprint density at radius 3 is 1.69 bits per heavy atom. The Morgan fingerprint density at radius 1 is 0.857 bits per heavy atom. The third-order valence-corrected chi connectivity index (χ3v) is 6.31. The van der Waals surface area contributed by atoms with E-state index in [1.165, 1.54) is 0 Å². The Hall–Kier alpha value is -1.83. The molecule has 210 valence electrons. The number of ether oxygens (including phenoxy) is 2. The van der Waals surface area contributed by atoms with E-state index >= 15 is 0 Å². The summed E-state index contributed by atoms with van der Waals surface area (Å²) in [5.74, 6) is 0. The van der Waals surface area contributed by atoms with Crippen LogP contribution in [-0.4, -0.2) is 77.4 Å². The van der Waals surface area contributed by atoms with Gasteiger partial charge in [0.25, 0.3) is 0 Å². The largest absolute Gasteiger partial charge is 0.446 e. The van der Waals surface area contributed by atoms with Gasteiger partial charge in [-0.25, -0.2) is 9.59 Å². The number of aliphatic hydroxyl groups is 1. The van der Waals surface area contributed by atoms with Crippen LogP contribution in [0, 0.1) is 0 Å². The minimum absolute atomic E-state index is 0. The quantitative estimate of drug-likeness (QED) is 0.383. The molecule has 2 fully saturated rings. The highest BCUT2D eigenvalue weighted by atomic mass is 16.6. The maximum Gasteiger partial charge on any atom is 0.410 e. The van der Waals surface area contributed by atoms with E-state index in [0.717, 1.165) is 64.2 Å². The Kier molecular flexibility index (Phi) is 23.1. The van der Waals surface area contributed by atoms with Crippen molar-refractivity contribution >= 4 is 18.5 Å². The highest BCUT2D eigenvalue weighted by molar-refractivity contribution is 5.69. The van der Waals surface area contributed by atoms with Crippen molar-refractivity contribution in [1.29, 1.82) is 0 Å². The van der Waals surface area contributed by atoms with Gasteiger partial charge in [0, 0.05) is 38.2 Å². The molecule has 0 aromatic carbocycles. The molecule has 4 unspecified atom stereocenters. The van der Waals surface area contributed by atoms with Crippen LogP contribution in [0.15, 0.2) is 0 Å². The number of nitrogens with zero attached hydrogens (tertiary/aromatic N) is 2. The summed E-state index contributed by atoms with van der Waals surface area (Å²) in [4.78, 5) is 37.8. The van der Waals surface area contributed by atoms with E-state index in [4.69, 9.17) is 14.6 Å². The molecule has 0 saturated carbocycles. The van der Waals surface area contributed by atoms with E-state index in [0.29, 0.717) is 19.4 Å². The standard InChI is InChI=1S/C12H23NO3.C12H21NO3.3CH4/c2*1-3-10(2)16-12(15)13-8-5-4-6-11(13)7-9-14;;;/h10-11,14H,3-9H2,1-2H3;9-11H,3-8H2,1-2H3;3*1H4. The van der Waals surface area contributed by atoms with Gasteiger partial charge in [-0.1, -0.05) is 36.1 Å². The Bertz CT molecular complexity index is 558. The molecule has 0 aliphatic carbocycles. The van der Waals surface area contributed by atoms with Gasteiger partial charge in [-0.3, -0.25) is 0 Å². The maximum atomic E-state index is 11.9. The molecule has 2 aliphatic heterocycles. The zero-order valence-corrected chi connectivity index (χ0v) is 20.5. The van der Waals surface area contributed by atoms with Crippen LogP contribution in [0.4, 0.5) is 9.59 Å². The van der Waals surface area contributed by atoms with E-state index in [-0.39, 0.29) is 65.4 Å². The summed E-state index contributed by atoms with van der Waals surface area (Å²) in [5, 5.41) is 8.97. The SMILES string of the molecule is C.C.C.CCC(C)OC(=O)N1CCCCC1CC=O.CCC(C)OC(=O)N1CCCCC1CCO. The molecule has 2 rings (SSSR count). The number of hydrogen-bond acceptors (Lipinski definition) is 6. The minimum atomic E-state index is -0.263. The highest BCUT2D eigenvalue weighted by Gasteiger charge is 2.29. The zero-order valence-electron chi connectivity index (χ0n) is 20.5. The summed E-state index contributed by atoms with van der Waals surface area (Å²) in [6.07, 6.45) is 9.24. The summed E-state index contributed by atoms with van der Waals surface area (Å²) in [5.41, 5.74) is 0. The molecular formula is C27H56N2O6. The summed E-state index contributed by atoms with van der Waals surface area (Å²) < 4.78 is 10.6. The number of aliphatic hydroxyl groups excluding tert-OH is 1. The number of piperidine rings is 2. The molecule has 8 nitrogen and oxygen atoms in total. The number of aldehydes is 1. The van der Waals surface area contributed by atoms with Crippen molar-refractivity contribution in [2.75, 3.05) is 19.7 Å². The average Bonchev–Trinajstić information content (AvgIpc) is 2.80. The van der Waals surface area contributed by atoms with Crippen molar-refractivity contribution in [1.82, 2.24) is 9.80 Å². The fraction of sp³-hybridized carbons (Fsp3) is 0.889. The summed E-state index contributed by atoms with van der Waals surface area (Å²) in [6.45, 7) is 9.39. The van der Waals surface area contributed by atoms with E-state index in [9.17, 15) is 14.4 Å². The molecule has 0 aromatic heterocycles. The molecule has 2 amide bonds. The maximum absolute atomic E-state index is 11.9. The van der Waals surface area contributed by atoms with Gasteiger partial charge >= 0.3 is 12.2 Å². The van der Waals surface area contributed by atoms with Gasteiger partial charge < -0.3 is 29.2 Å². The number of amides is 2. The second kappa shape index (κ2) is 21.5. The molecule has 8 heteroatoms. The van der Waals surface area contributed by atoms with Gasteiger partial charge in [-0.15, -0.1) is 0 Å². The van der Waals surface area contributed by atoms with Crippen LogP contribution in [0.25, 0.3) is 0 Å². The minimum Gasteiger partial charge on any atom is -0.446 e. The molecule has 4 atom stereocenters. The van der Waals surface area contributed by atoms with Crippen molar-refractivity contribution in [3.63, 3.8) is 0 Å². The molecule has 0 spiro atoms. The van der Waals surface area contributed by atoms with Gasteiger partial charge in [0.2, 0.25) is 0 Å². The molecule has 0 radical (unpaired) electrons.